The fraction of sp³-hybridized carbons (Fsp3) is 0.600. The molecule has 0 heterocycles. The molecule has 0 radical (unpaired) electrons. The van der Waals surface area contributed by atoms with Crippen molar-refractivity contribution >= 4 is 21.4 Å². The fourth-order valence-electron chi connectivity index (χ4n) is 3.00. The molecule has 0 spiro atoms. The number of rotatable bonds is 4. The summed E-state index contributed by atoms with van der Waals surface area (Å²) in [6, 6.07) is 5.23. The van der Waals surface area contributed by atoms with Crippen molar-refractivity contribution in [2.45, 2.75) is 50.5 Å². The molecular formula is C15H25N3O2S. The van der Waals surface area contributed by atoms with E-state index in [1.165, 1.54) is 26.0 Å². The highest BCUT2D eigenvalue weighted by atomic mass is 32.2. The number of sulfonamides is 1. The highest BCUT2D eigenvalue weighted by molar-refractivity contribution is 7.89. The SMILES string of the molecule is CNS(=O)(=O)c1ccc(NC2CCCC(C)(C)C2)c(N)c1. The van der Waals surface area contributed by atoms with Crippen molar-refractivity contribution in [3.05, 3.63) is 18.2 Å². The van der Waals surface area contributed by atoms with E-state index < -0.39 is 10.0 Å². The smallest absolute Gasteiger partial charge is 0.240 e. The Bertz CT molecular complexity index is 611. The lowest BCUT2D eigenvalue weighted by molar-refractivity contribution is 0.229. The van der Waals surface area contributed by atoms with Crippen molar-refractivity contribution in [1.82, 2.24) is 4.72 Å². The van der Waals surface area contributed by atoms with Crippen LogP contribution in [0.25, 0.3) is 0 Å². The Balaban J connectivity index is 2.15. The molecule has 0 aliphatic heterocycles. The van der Waals surface area contributed by atoms with Crippen molar-refractivity contribution in [3.63, 3.8) is 0 Å². The molecule has 1 aromatic carbocycles. The van der Waals surface area contributed by atoms with Crippen LogP contribution in [-0.4, -0.2) is 21.5 Å². The van der Waals surface area contributed by atoms with Gasteiger partial charge in [-0.3, -0.25) is 0 Å². The molecule has 1 aliphatic rings. The van der Waals surface area contributed by atoms with Gasteiger partial charge in [-0.1, -0.05) is 20.3 Å². The first-order chi connectivity index (χ1) is 9.73. The molecule has 0 bridgehead atoms. The zero-order valence-electron chi connectivity index (χ0n) is 12.9. The van der Waals surface area contributed by atoms with Crippen LogP contribution in [0.5, 0.6) is 0 Å². The Kier molecular flexibility index (Phi) is 4.49. The predicted octanol–water partition coefficient (Wildman–Crippen LogP) is 2.56. The Morgan fingerprint density at radius 1 is 1.33 bits per heavy atom. The summed E-state index contributed by atoms with van der Waals surface area (Å²) in [4.78, 5) is 0.192. The first-order valence-electron chi connectivity index (χ1n) is 7.33. The molecule has 5 nitrogen and oxygen atoms in total. The highest BCUT2D eigenvalue weighted by Gasteiger charge is 2.28. The van der Waals surface area contributed by atoms with Crippen LogP contribution >= 0.6 is 0 Å². The normalized spacial score (nSPS) is 22.0. The molecule has 1 aliphatic carbocycles. The summed E-state index contributed by atoms with van der Waals surface area (Å²) in [5, 5.41) is 3.46. The number of nitrogen functional groups attached to an aromatic ring is 1. The first-order valence-corrected chi connectivity index (χ1v) is 8.81. The second-order valence-electron chi connectivity index (χ2n) is 6.56. The Morgan fingerprint density at radius 2 is 2.05 bits per heavy atom. The minimum absolute atomic E-state index is 0.192. The van der Waals surface area contributed by atoms with Crippen molar-refractivity contribution < 1.29 is 8.42 Å². The van der Waals surface area contributed by atoms with Crippen molar-refractivity contribution in [3.8, 4) is 0 Å². The molecule has 1 atom stereocenters. The van der Waals surface area contributed by atoms with Gasteiger partial charge in [0.2, 0.25) is 10.0 Å². The Hall–Kier alpha value is -1.27. The third-order valence-electron chi connectivity index (χ3n) is 4.17. The largest absolute Gasteiger partial charge is 0.397 e. The van der Waals surface area contributed by atoms with E-state index in [2.05, 4.69) is 23.9 Å². The van der Waals surface area contributed by atoms with Crippen molar-refractivity contribution in [2.24, 2.45) is 5.41 Å². The summed E-state index contributed by atoms with van der Waals surface area (Å²) in [7, 11) is -2.06. The molecule has 0 aromatic heterocycles. The third-order valence-corrected chi connectivity index (χ3v) is 5.58. The minimum Gasteiger partial charge on any atom is -0.397 e. The molecule has 0 amide bonds. The highest BCUT2D eigenvalue weighted by Crippen LogP contribution is 2.37. The average molecular weight is 311 g/mol. The first kappa shape index (κ1) is 16.1. The van der Waals surface area contributed by atoms with E-state index in [4.69, 9.17) is 5.73 Å². The number of nitrogens with one attached hydrogen (secondary N) is 2. The van der Waals surface area contributed by atoms with E-state index in [-0.39, 0.29) is 4.90 Å². The Labute approximate surface area is 127 Å². The lowest BCUT2D eigenvalue weighted by Crippen LogP contribution is -2.32. The minimum atomic E-state index is -3.45. The molecule has 1 aromatic rings. The number of hydrogen-bond acceptors (Lipinski definition) is 4. The summed E-state index contributed by atoms with van der Waals surface area (Å²) >= 11 is 0. The van der Waals surface area contributed by atoms with E-state index in [1.54, 1.807) is 12.1 Å². The van der Waals surface area contributed by atoms with Crippen LogP contribution in [0.15, 0.2) is 23.1 Å². The molecule has 6 heteroatoms. The van der Waals surface area contributed by atoms with Gasteiger partial charge in [0.15, 0.2) is 0 Å². The van der Waals surface area contributed by atoms with Gasteiger partial charge in [0.25, 0.3) is 0 Å². The predicted molar refractivity (Wildman–Crippen MR) is 86.8 cm³/mol. The van der Waals surface area contributed by atoms with E-state index >= 15 is 0 Å². The average Bonchev–Trinajstić information content (AvgIpc) is 2.40. The van der Waals surface area contributed by atoms with Crippen LogP contribution in [0.2, 0.25) is 0 Å². The number of benzene rings is 1. The molecule has 2 rings (SSSR count). The lowest BCUT2D eigenvalue weighted by atomic mass is 9.75. The van der Waals surface area contributed by atoms with Gasteiger partial charge in [0.05, 0.1) is 16.3 Å². The van der Waals surface area contributed by atoms with E-state index in [1.807, 2.05) is 0 Å². The van der Waals surface area contributed by atoms with Gasteiger partial charge in [0, 0.05) is 6.04 Å². The second-order valence-corrected chi connectivity index (χ2v) is 8.44. The summed E-state index contributed by atoms with van der Waals surface area (Å²) < 4.78 is 25.8. The quantitative estimate of drug-likeness (QED) is 0.746. The zero-order valence-corrected chi connectivity index (χ0v) is 13.8. The maximum atomic E-state index is 11.8. The number of hydrogen-bond donors (Lipinski definition) is 3. The maximum Gasteiger partial charge on any atom is 0.240 e. The van der Waals surface area contributed by atoms with Crippen LogP contribution in [0.3, 0.4) is 0 Å². The van der Waals surface area contributed by atoms with Gasteiger partial charge >= 0.3 is 0 Å². The monoisotopic (exact) mass is 311 g/mol. The number of anilines is 2. The van der Waals surface area contributed by atoms with Crippen LogP contribution < -0.4 is 15.8 Å². The van der Waals surface area contributed by atoms with Crippen LogP contribution in [0.4, 0.5) is 11.4 Å². The van der Waals surface area contributed by atoms with Gasteiger partial charge < -0.3 is 11.1 Å². The van der Waals surface area contributed by atoms with Crippen molar-refractivity contribution in [2.75, 3.05) is 18.1 Å². The number of nitrogens with two attached hydrogens (primary N) is 1. The fourth-order valence-corrected chi connectivity index (χ4v) is 3.76. The molecule has 118 valence electrons. The summed E-state index contributed by atoms with van der Waals surface area (Å²) in [6.07, 6.45) is 4.68. The van der Waals surface area contributed by atoms with Gasteiger partial charge in [-0.2, -0.15) is 0 Å². The van der Waals surface area contributed by atoms with Crippen LogP contribution in [0, 0.1) is 5.41 Å². The molecule has 1 saturated carbocycles. The Morgan fingerprint density at radius 3 is 2.62 bits per heavy atom. The molecule has 1 fully saturated rings. The van der Waals surface area contributed by atoms with Gasteiger partial charge in [-0.25, -0.2) is 13.1 Å². The third kappa shape index (κ3) is 3.89. The van der Waals surface area contributed by atoms with Crippen LogP contribution in [-0.2, 0) is 10.0 Å². The molecule has 4 N–H and O–H groups in total. The maximum absolute atomic E-state index is 11.8. The summed E-state index contributed by atoms with van der Waals surface area (Å²) in [5.41, 5.74) is 7.63. The standard InChI is InChI=1S/C15H25N3O2S/c1-15(2)8-4-5-11(10-15)18-14-7-6-12(9-13(14)16)21(19,20)17-3/h6-7,9,11,17-18H,4-5,8,10,16H2,1-3H3. The van der Waals surface area contributed by atoms with E-state index in [0.717, 1.165) is 18.5 Å². The van der Waals surface area contributed by atoms with Gasteiger partial charge in [0.1, 0.15) is 0 Å². The van der Waals surface area contributed by atoms with Gasteiger partial charge in [-0.15, -0.1) is 0 Å². The molecular weight excluding hydrogens is 286 g/mol. The molecule has 0 saturated heterocycles. The van der Waals surface area contributed by atoms with Crippen LogP contribution in [0.1, 0.15) is 39.5 Å². The molecule has 1 unspecified atom stereocenters. The summed E-state index contributed by atoms with van der Waals surface area (Å²) in [5.74, 6) is 0. The molecule has 21 heavy (non-hydrogen) atoms. The van der Waals surface area contributed by atoms with E-state index in [0.29, 0.717) is 17.1 Å². The van der Waals surface area contributed by atoms with Crippen molar-refractivity contribution in [1.29, 1.82) is 0 Å². The topological polar surface area (TPSA) is 84.2 Å². The van der Waals surface area contributed by atoms with Gasteiger partial charge in [-0.05, 0) is 49.9 Å². The van der Waals surface area contributed by atoms with E-state index in [9.17, 15) is 8.42 Å². The lowest BCUT2D eigenvalue weighted by Gasteiger charge is -2.36. The summed E-state index contributed by atoms with van der Waals surface area (Å²) in [6.45, 7) is 4.57. The zero-order chi connectivity index (χ0) is 15.7. The second kappa shape index (κ2) is 5.85.